The number of ether oxygens (including phenoxy) is 1. The molecule has 26 heavy (non-hydrogen) atoms. The first-order chi connectivity index (χ1) is 12.6. The highest BCUT2D eigenvalue weighted by Gasteiger charge is 2.15. The fourth-order valence-corrected chi connectivity index (χ4v) is 3.09. The maximum Gasteiger partial charge on any atom is 0.257 e. The van der Waals surface area contributed by atoms with Gasteiger partial charge >= 0.3 is 0 Å². The molecule has 3 rings (SSSR count). The van der Waals surface area contributed by atoms with Gasteiger partial charge in [0.25, 0.3) is 5.91 Å². The van der Waals surface area contributed by atoms with E-state index in [2.05, 4.69) is 16.8 Å². The second-order valence-corrected chi connectivity index (χ2v) is 6.28. The first-order valence-electron chi connectivity index (χ1n) is 8.83. The summed E-state index contributed by atoms with van der Waals surface area (Å²) in [6.07, 6.45) is 0. The lowest BCUT2D eigenvalue weighted by molar-refractivity contribution is 0.102. The van der Waals surface area contributed by atoms with Crippen molar-refractivity contribution in [1.29, 1.82) is 0 Å². The van der Waals surface area contributed by atoms with E-state index in [4.69, 9.17) is 4.74 Å². The zero-order valence-electron chi connectivity index (χ0n) is 15.5. The third-order valence-corrected chi connectivity index (χ3v) is 4.50. The van der Waals surface area contributed by atoms with Gasteiger partial charge in [0.2, 0.25) is 0 Å². The summed E-state index contributed by atoms with van der Waals surface area (Å²) in [6, 6.07) is 19.4. The lowest BCUT2D eigenvalue weighted by Crippen LogP contribution is -2.13. The zero-order chi connectivity index (χ0) is 18.5. The number of carbonyl (C=O) groups excluding carboxylic acids is 1. The van der Waals surface area contributed by atoms with Gasteiger partial charge in [0.1, 0.15) is 12.4 Å². The maximum atomic E-state index is 12.6. The number of rotatable bonds is 6. The van der Waals surface area contributed by atoms with Crippen LogP contribution in [0.3, 0.4) is 0 Å². The molecule has 1 aromatic heterocycles. The van der Waals surface area contributed by atoms with E-state index in [9.17, 15) is 4.79 Å². The van der Waals surface area contributed by atoms with Crippen molar-refractivity contribution in [3.8, 4) is 5.75 Å². The van der Waals surface area contributed by atoms with Crippen LogP contribution in [0.2, 0.25) is 0 Å². The van der Waals surface area contributed by atoms with Crippen molar-refractivity contribution >= 4 is 11.6 Å². The summed E-state index contributed by atoms with van der Waals surface area (Å²) < 4.78 is 7.91. The highest BCUT2D eigenvalue weighted by molar-refractivity contribution is 6.05. The molecule has 2 aromatic carbocycles. The van der Waals surface area contributed by atoms with E-state index in [0.717, 1.165) is 34.9 Å². The van der Waals surface area contributed by atoms with Crippen LogP contribution in [0.4, 0.5) is 5.69 Å². The number of carbonyl (C=O) groups is 1. The molecule has 0 radical (unpaired) electrons. The van der Waals surface area contributed by atoms with Gasteiger partial charge in [-0.2, -0.15) is 0 Å². The summed E-state index contributed by atoms with van der Waals surface area (Å²) in [5.74, 6) is 0.687. The van der Waals surface area contributed by atoms with Gasteiger partial charge in [0.05, 0.1) is 5.56 Å². The molecular weight excluding hydrogens is 324 g/mol. The molecule has 0 aliphatic carbocycles. The molecule has 0 spiro atoms. The van der Waals surface area contributed by atoms with Crippen LogP contribution < -0.4 is 10.1 Å². The summed E-state index contributed by atoms with van der Waals surface area (Å²) in [5.41, 5.74) is 4.68. The van der Waals surface area contributed by atoms with Gasteiger partial charge in [0.15, 0.2) is 0 Å². The second kappa shape index (κ2) is 7.91. The molecule has 0 bridgehead atoms. The van der Waals surface area contributed by atoms with Crippen LogP contribution >= 0.6 is 0 Å². The zero-order valence-corrected chi connectivity index (χ0v) is 15.5. The molecule has 0 fully saturated rings. The predicted octanol–water partition coefficient (Wildman–Crippen LogP) is 4.96. The first kappa shape index (κ1) is 17.8. The Morgan fingerprint density at radius 2 is 1.73 bits per heavy atom. The first-order valence-corrected chi connectivity index (χ1v) is 8.83. The Labute approximate surface area is 154 Å². The van der Waals surface area contributed by atoms with E-state index >= 15 is 0 Å². The highest BCUT2D eigenvalue weighted by Crippen LogP contribution is 2.20. The van der Waals surface area contributed by atoms with Crippen LogP contribution in [0.5, 0.6) is 5.75 Å². The number of nitrogens with one attached hydrogen (secondary N) is 1. The normalized spacial score (nSPS) is 10.6. The third kappa shape index (κ3) is 3.97. The topological polar surface area (TPSA) is 43.3 Å². The summed E-state index contributed by atoms with van der Waals surface area (Å²) in [4.78, 5) is 12.6. The molecule has 1 N–H and O–H groups in total. The molecule has 0 atom stereocenters. The lowest BCUT2D eigenvalue weighted by atomic mass is 10.2. The maximum absolute atomic E-state index is 12.6. The average molecular weight is 348 g/mol. The average Bonchev–Trinajstić information content (AvgIpc) is 2.95. The van der Waals surface area contributed by atoms with Gasteiger partial charge in [0, 0.05) is 23.6 Å². The lowest BCUT2D eigenvalue weighted by Gasteiger charge is -2.09. The quantitative estimate of drug-likeness (QED) is 0.684. The van der Waals surface area contributed by atoms with Crippen LogP contribution in [0.1, 0.15) is 34.2 Å². The second-order valence-electron chi connectivity index (χ2n) is 6.28. The van der Waals surface area contributed by atoms with Crippen molar-refractivity contribution in [2.45, 2.75) is 33.9 Å². The van der Waals surface area contributed by atoms with Gasteiger partial charge in [-0.05, 0) is 56.7 Å². The molecule has 0 unspecified atom stereocenters. The number of hydrogen-bond acceptors (Lipinski definition) is 2. The number of hydrogen-bond donors (Lipinski definition) is 1. The molecule has 0 saturated heterocycles. The van der Waals surface area contributed by atoms with Crippen LogP contribution in [0.25, 0.3) is 0 Å². The fourth-order valence-electron chi connectivity index (χ4n) is 3.09. The van der Waals surface area contributed by atoms with Crippen LogP contribution in [0.15, 0.2) is 60.7 Å². The minimum absolute atomic E-state index is 0.0873. The molecule has 0 saturated carbocycles. The smallest absolute Gasteiger partial charge is 0.257 e. The third-order valence-electron chi connectivity index (χ3n) is 4.50. The van der Waals surface area contributed by atoms with Crippen molar-refractivity contribution in [2.75, 3.05) is 5.32 Å². The van der Waals surface area contributed by atoms with Crippen molar-refractivity contribution in [3.05, 3.63) is 83.2 Å². The SMILES string of the molecule is CCn1c(C)cc(C(=O)Nc2ccc(OCc3ccccc3)cc2)c1C. The summed E-state index contributed by atoms with van der Waals surface area (Å²) in [6.45, 7) is 7.46. The standard InChI is InChI=1S/C22H24N2O2/c1-4-24-16(2)14-21(17(24)3)22(25)23-19-10-12-20(13-11-19)26-15-18-8-6-5-7-9-18/h5-14H,4,15H2,1-3H3,(H,23,25). The van der Waals surface area contributed by atoms with E-state index in [0.29, 0.717) is 12.2 Å². The minimum Gasteiger partial charge on any atom is -0.489 e. The molecule has 4 heteroatoms. The van der Waals surface area contributed by atoms with Crippen LogP contribution in [-0.4, -0.2) is 10.5 Å². The molecule has 0 aliphatic rings. The molecule has 1 heterocycles. The summed E-state index contributed by atoms with van der Waals surface area (Å²) in [5, 5.41) is 2.96. The fraction of sp³-hybridized carbons (Fsp3) is 0.227. The molecule has 134 valence electrons. The number of anilines is 1. The number of aryl methyl sites for hydroxylation is 1. The Morgan fingerprint density at radius 3 is 2.35 bits per heavy atom. The van der Waals surface area contributed by atoms with E-state index < -0.39 is 0 Å². The van der Waals surface area contributed by atoms with Crippen molar-refractivity contribution in [3.63, 3.8) is 0 Å². The Balaban J connectivity index is 1.63. The summed E-state index contributed by atoms with van der Waals surface area (Å²) in [7, 11) is 0. The Morgan fingerprint density at radius 1 is 1.04 bits per heavy atom. The number of nitrogens with zero attached hydrogens (tertiary/aromatic N) is 1. The molecule has 1 amide bonds. The van der Waals surface area contributed by atoms with Crippen LogP contribution in [-0.2, 0) is 13.2 Å². The van der Waals surface area contributed by atoms with Gasteiger partial charge in [-0.15, -0.1) is 0 Å². The van der Waals surface area contributed by atoms with Gasteiger partial charge < -0.3 is 14.6 Å². The van der Waals surface area contributed by atoms with E-state index in [1.54, 1.807) is 0 Å². The molecule has 3 aromatic rings. The monoisotopic (exact) mass is 348 g/mol. The van der Waals surface area contributed by atoms with Crippen molar-refractivity contribution in [2.24, 2.45) is 0 Å². The molecule has 0 aliphatic heterocycles. The minimum atomic E-state index is -0.0873. The van der Waals surface area contributed by atoms with E-state index in [1.807, 2.05) is 74.5 Å². The molecule has 4 nitrogen and oxygen atoms in total. The Hall–Kier alpha value is -3.01. The molecular formula is C22H24N2O2. The Kier molecular flexibility index (Phi) is 5.42. The van der Waals surface area contributed by atoms with Crippen LogP contribution in [0, 0.1) is 13.8 Å². The van der Waals surface area contributed by atoms with Crippen molar-refractivity contribution < 1.29 is 9.53 Å². The van der Waals surface area contributed by atoms with E-state index in [1.165, 1.54) is 0 Å². The van der Waals surface area contributed by atoms with Crippen molar-refractivity contribution in [1.82, 2.24) is 4.57 Å². The largest absolute Gasteiger partial charge is 0.489 e. The number of aromatic nitrogens is 1. The summed E-state index contributed by atoms with van der Waals surface area (Å²) >= 11 is 0. The van der Waals surface area contributed by atoms with E-state index in [-0.39, 0.29) is 5.91 Å². The van der Waals surface area contributed by atoms with Gasteiger partial charge in [-0.3, -0.25) is 4.79 Å². The Bertz CT molecular complexity index is 881. The van der Waals surface area contributed by atoms with Gasteiger partial charge in [-0.1, -0.05) is 30.3 Å². The predicted molar refractivity (Wildman–Crippen MR) is 105 cm³/mol. The highest BCUT2D eigenvalue weighted by atomic mass is 16.5. The van der Waals surface area contributed by atoms with Gasteiger partial charge in [-0.25, -0.2) is 0 Å². The number of benzene rings is 2. The number of amides is 1.